The van der Waals surface area contributed by atoms with Crippen molar-refractivity contribution in [2.45, 2.75) is 88.2 Å². The summed E-state index contributed by atoms with van der Waals surface area (Å²) in [6.45, 7) is 5.84. The molecule has 7 atom stereocenters. The molecule has 0 bridgehead atoms. The lowest BCUT2D eigenvalue weighted by atomic mass is 9.71. The van der Waals surface area contributed by atoms with E-state index in [-0.39, 0.29) is 48.1 Å². The van der Waals surface area contributed by atoms with Crippen molar-refractivity contribution in [3.63, 3.8) is 0 Å². The van der Waals surface area contributed by atoms with E-state index in [1.54, 1.807) is 31.3 Å². The van der Waals surface area contributed by atoms with Crippen molar-refractivity contribution in [3.8, 4) is 0 Å². The number of fused-ring (bicyclic) bond motifs is 3. The topological polar surface area (TPSA) is 192 Å². The molecule has 7 unspecified atom stereocenters. The van der Waals surface area contributed by atoms with E-state index >= 15 is 0 Å². The maximum atomic E-state index is 14.7. The van der Waals surface area contributed by atoms with Gasteiger partial charge in [-0.05, 0) is 82.2 Å². The number of rotatable bonds is 17. The molecule has 0 radical (unpaired) electrons. The van der Waals surface area contributed by atoms with Gasteiger partial charge >= 0.3 is 5.97 Å². The second kappa shape index (κ2) is 17.5. The second-order valence-corrected chi connectivity index (χ2v) is 15.1. The van der Waals surface area contributed by atoms with E-state index in [9.17, 15) is 19.5 Å². The molecule has 8 N–H and O–H groups in total. The zero-order valence-electron chi connectivity index (χ0n) is 32.5. The van der Waals surface area contributed by atoms with Crippen molar-refractivity contribution in [2.24, 2.45) is 22.6 Å². The lowest BCUT2D eigenvalue weighted by Gasteiger charge is -2.40. The predicted octanol–water partition coefficient (Wildman–Crippen LogP) is 2.92. The number of epoxide rings is 1. The van der Waals surface area contributed by atoms with Gasteiger partial charge in [0.1, 0.15) is 11.9 Å². The number of dihydropyridines is 1. The Hall–Kier alpha value is -4.56. The highest BCUT2D eigenvalue weighted by atomic mass is 16.7. The Morgan fingerprint density at radius 1 is 1.24 bits per heavy atom. The van der Waals surface area contributed by atoms with Gasteiger partial charge in [-0.3, -0.25) is 14.6 Å². The number of carbonyl (C=O) groups is 3. The van der Waals surface area contributed by atoms with Crippen LogP contribution in [-0.2, 0) is 14.3 Å². The van der Waals surface area contributed by atoms with E-state index in [0.29, 0.717) is 38.4 Å². The summed E-state index contributed by atoms with van der Waals surface area (Å²) in [5.74, 6) is -0.452. The van der Waals surface area contributed by atoms with Crippen LogP contribution in [0, 0.1) is 11.8 Å². The lowest BCUT2D eigenvalue weighted by molar-refractivity contribution is -0.158. The Kier molecular flexibility index (Phi) is 12.8. The van der Waals surface area contributed by atoms with E-state index in [0.717, 1.165) is 42.8 Å². The van der Waals surface area contributed by atoms with Crippen LogP contribution < -0.4 is 32.3 Å². The second-order valence-electron chi connectivity index (χ2n) is 15.1. The third-order valence-corrected chi connectivity index (χ3v) is 11.5. The van der Waals surface area contributed by atoms with Gasteiger partial charge < -0.3 is 46.9 Å². The van der Waals surface area contributed by atoms with Crippen molar-refractivity contribution in [2.75, 3.05) is 40.5 Å². The fourth-order valence-electron chi connectivity index (χ4n) is 8.62. The molecular formula is C42H57N7O6. The number of benzene rings is 1. The van der Waals surface area contributed by atoms with Crippen LogP contribution in [-0.4, -0.2) is 98.5 Å². The van der Waals surface area contributed by atoms with Gasteiger partial charge in [0, 0.05) is 49.7 Å². The van der Waals surface area contributed by atoms with Gasteiger partial charge in [-0.2, -0.15) is 0 Å². The zero-order valence-corrected chi connectivity index (χ0v) is 32.5. The summed E-state index contributed by atoms with van der Waals surface area (Å²) in [4.78, 5) is 47.7. The number of ketones is 2. The maximum absolute atomic E-state index is 14.7. The highest BCUT2D eigenvalue weighted by Gasteiger charge is 2.85. The first kappa shape index (κ1) is 40.1. The first-order valence-electron chi connectivity index (χ1n) is 19.6. The van der Waals surface area contributed by atoms with E-state index in [1.165, 1.54) is 5.57 Å². The molecule has 1 aromatic carbocycles. The van der Waals surface area contributed by atoms with Gasteiger partial charge in [-0.1, -0.05) is 67.1 Å². The highest BCUT2D eigenvalue weighted by Crippen LogP contribution is 2.59. The molecule has 1 saturated heterocycles. The van der Waals surface area contributed by atoms with E-state index in [4.69, 9.17) is 15.2 Å². The number of ether oxygens (including phenoxy) is 2. The smallest absolute Gasteiger partial charge is 0.350 e. The molecule has 1 fully saturated rings. The molecule has 0 spiro atoms. The Bertz CT molecular complexity index is 1820. The summed E-state index contributed by atoms with van der Waals surface area (Å²) >= 11 is 0. The van der Waals surface area contributed by atoms with Crippen LogP contribution in [0.25, 0.3) is 0 Å². The number of aliphatic hydroxyl groups excluding tert-OH is 1. The number of nitrogens with zero attached hydrogens (tertiary/aromatic N) is 1. The third-order valence-electron chi connectivity index (χ3n) is 11.5. The number of esters is 1. The number of likely N-dealkylation sites (N-methyl/N-ethyl adjacent to an activating group) is 1. The summed E-state index contributed by atoms with van der Waals surface area (Å²) in [5.41, 5.74) is 5.85. The molecule has 1 aromatic rings. The minimum absolute atomic E-state index is 0.00636. The molecule has 5 aliphatic rings. The number of hydrogen-bond donors (Lipinski definition) is 7. The number of allylic oxidation sites excluding steroid dienone is 3. The van der Waals surface area contributed by atoms with Crippen LogP contribution in [0.15, 0.2) is 88.3 Å². The minimum atomic E-state index is -2.12. The fraction of sp³-hybridized carbons (Fsp3) is 0.524. The van der Waals surface area contributed by atoms with E-state index in [1.807, 2.05) is 33.0 Å². The number of carbonyl (C=O) groups excluding carboxylic acids is 3. The van der Waals surface area contributed by atoms with E-state index < -0.39 is 34.8 Å². The number of hydrogen-bond acceptors (Lipinski definition) is 11. The van der Waals surface area contributed by atoms with Crippen molar-refractivity contribution in [1.82, 2.24) is 26.6 Å². The largest absolute Gasteiger partial charge is 0.459 e. The molecule has 296 valence electrons. The van der Waals surface area contributed by atoms with Gasteiger partial charge in [-0.25, -0.2) is 4.79 Å². The number of nitrogens with one attached hydrogen (secondary N) is 5. The Morgan fingerprint density at radius 3 is 2.75 bits per heavy atom. The van der Waals surface area contributed by atoms with Crippen molar-refractivity contribution in [1.29, 1.82) is 0 Å². The molecule has 0 saturated carbocycles. The van der Waals surface area contributed by atoms with Crippen LogP contribution in [0.5, 0.6) is 0 Å². The predicted molar refractivity (Wildman–Crippen MR) is 212 cm³/mol. The molecule has 6 rings (SSSR count). The average Bonchev–Trinajstić information content (AvgIpc) is 3.92. The highest BCUT2D eigenvalue weighted by molar-refractivity contribution is 6.32. The standard InChI is InChI=1S/C42H57N7O6/c1-5-46-34-23-28-12-7-6-11-27(28)22-32(34)35(15-10-20-50)54-39(53)42-38(52)31-14-9-8-13-30(31)37(51)41(42,55-42)18-16-26(2)21-33(49-40(43)45-4)29-17-19-47-36(24-29)48-25-44-3/h7-9,12-14,16-17,23-24,27,32-35,44,46-48,50H,5-6,10-11,15,18-22,25H2,1-4H3,(H3,43,45,49). The van der Waals surface area contributed by atoms with Gasteiger partial charge in [-0.15, -0.1) is 0 Å². The van der Waals surface area contributed by atoms with Gasteiger partial charge in [0.2, 0.25) is 5.78 Å². The molecule has 13 heteroatoms. The van der Waals surface area contributed by atoms with Crippen LogP contribution in [0.1, 0.15) is 79.5 Å². The summed E-state index contributed by atoms with van der Waals surface area (Å²) in [5, 5.41) is 26.4. The van der Waals surface area contributed by atoms with Crippen molar-refractivity contribution < 1.29 is 29.0 Å². The van der Waals surface area contributed by atoms with Gasteiger partial charge in [0.05, 0.1) is 12.7 Å². The third kappa shape index (κ3) is 8.07. The summed E-state index contributed by atoms with van der Waals surface area (Å²) in [7, 11) is 3.48. The molecule has 2 aliphatic heterocycles. The normalized spacial score (nSPS) is 28.3. The number of guanidine groups is 1. The number of aliphatic hydroxyl groups is 1. The summed E-state index contributed by atoms with van der Waals surface area (Å²) < 4.78 is 12.7. The number of nitrogens with two attached hydrogens (primary N) is 1. The Morgan fingerprint density at radius 2 is 2.02 bits per heavy atom. The minimum Gasteiger partial charge on any atom is -0.459 e. The van der Waals surface area contributed by atoms with Crippen LogP contribution in [0.3, 0.4) is 0 Å². The number of aliphatic imine (C=N–C) groups is 1. The summed E-state index contributed by atoms with van der Waals surface area (Å²) in [6, 6.07) is 6.25. The molecule has 0 aromatic heterocycles. The first-order valence-corrected chi connectivity index (χ1v) is 19.6. The first-order chi connectivity index (χ1) is 26.6. The molecule has 3 aliphatic carbocycles. The van der Waals surface area contributed by atoms with Crippen LogP contribution >= 0.6 is 0 Å². The molecule has 13 nitrogen and oxygen atoms in total. The van der Waals surface area contributed by atoms with E-state index in [2.05, 4.69) is 55.9 Å². The van der Waals surface area contributed by atoms with Gasteiger partial charge in [0.15, 0.2) is 17.3 Å². The molecule has 55 heavy (non-hydrogen) atoms. The average molecular weight is 756 g/mol. The lowest BCUT2D eigenvalue weighted by Crippen LogP contribution is -2.53. The quantitative estimate of drug-likeness (QED) is 0.0235. The zero-order chi connectivity index (χ0) is 39.2. The van der Waals surface area contributed by atoms with Crippen LogP contribution in [0.2, 0.25) is 0 Å². The molecular weight excluding hydrogens is 699 g/mol. The maximum Gasteiger partial charge on any atom is 0.350 e. The van der Waals surface area contributed by atoms with Crippen LogP contribution in [0.4, 0.5) is 0 Å². The SMILES string of the molecule is CCNC1C=C2C=CCCC2CC1C(CCCO)OC(=O)C12OC1(CC=C(C)CC(NC(N)=NC)C1=CCNC(NCNC)=C1)C(=O)c1ccccc1C2=O. The molecule has 2 heterocycles. The monoisotopic (exact) mass is 755 g/mol. The van der Waals surface area contributed by atoms with Gasteiger partial charge in [0.25, 0.3) is 5.60 Å². The number of Topliss-reactive ketones (excluding diaryl/α,β-unsaturated/α-hetero) is 2. The van der Waals surface area contributed by atoms with Crippen molar-refractivity contribution >= 4 is 23.5 Å². The summed E-state index contributed by atoms with van der Waals surface area (Å²) in [6.07, 6.45) is 16.1. The Labute approximate surface area is 324 Å². The Balaban J connectivity index is 1.29. The molecule has 0 amide bonds. The fourth-order valence-corrected chi connectivity index (χ4v) is 8.62. The van der Waals surface area contributed by atoms with Crippen molar-refractivity contribution in [3.05, 3.63) is 94.4 Å².